The standard InChI is InChI=1S/C21H18I2N2O/c22-14-6-8-20-18(10-14)19-11-15(23)7-9-21(19)25(20)13-17(26)12-24-16-4-2-1-3-5-16/h1-11,17,24,26H,12-13H2/t17-/m1/s1. The second-order valence-corrected chi connectivity index (χ2v) is 8.83. The van der Waals surface area contributed by atoms with Crippen molar-refractivity contribution in [3.63, 3.8) is 0 Å². The van der Waals surface area contributed by atoms with Crippen molar-refractivity contribution in [2.75, 3.05) is 11.9 Å². The predicted octanol–water partition coefficient (Wildman–Crippen LogP) is 5.48. The summed E-state index contributed by atoms with van der Waals surface area (Å²) in [5, 5.41) is 16.4. The maximum absolute atomic E-state index is 10.6. The van der Waals surface area contributed by atoms with Crippen LogP contribution >= 0.6 is 45.2 Å². The molecular weight excluding hydrogens is 550 g/mol. The Morgan fingerprint density at radius 1 is 0.846 bits per heavy atom. The zero-order valence-corrected chi connectivity index (χ0v) is 18.3. The molecule has 4 aromatic rings. The van der Waals surface area contributed by atoms with Crippen molar-refractivity contribution >= 4 is 72.7 Å². The van der Waals surface area contributed by atoms with Crippen molar-refractivity contribution in [1.29, 1.82) is 0 Å². The average Bonchev–Trinajstić information content (AvgIpc) is 2.93. The summed E-state index contributed by atoms with van der Waals surface area (Å²) >= 11 is 4.71. The Bertz CT molecular complexity index is 1000. The number of hydrogen-bond donors (Lipinski definition) is 2. The molecule has 0 saturated carbocycles. The minimum Gasteiger partial charge on any atom is -0.389 e. The number of fused-ring (bicyclic) bond motifs is 3. The van der Waals surface area contributed by atoms with E-state index in [1.807, 2.05) is 30.3 Å². The Morgan fingerprint density at radius 2 is 1.42 bits per heavy atom. The molecule has 1 aromatic heterocycles. The first kappa shape index (κ1) is 18.1. The smallest absolute Gasteiger partial charge is 0.0891 e. The summed E-state index contributed by atoms with van der Waals surface area (Å²) in [6.45, 7) is 1.07. The van der Waals surface area contributed by atoms with Gasteiger partial charge < -0.3 is 15.0 Å². The molecule has 26 heavy (non-hydrogen) atoms. The highest BCUT2D eigenvalue weighted by Crippen LogP contribution is 2.31. The zero-order chi connectivity index (χ0) is 18.1. The van der Waals surface area contributed by atoms with Gasteiger partial charge in [-0.2, -0.15) is 0 Å². The minimum absolute atomic E-state index is 0.479. The first-order valence-electron chi connectivity index (χ1n) is 8.46. The molecular formula is C21H18I2N2O. The van der Waals surface area contributed by atoms with Crippen LogP contribution in [0.4, 0.5) is 5.69 Å². The Hall–Kier alpha value is -1.32. The third-order valence-corrected chi connectivity index (χ3v) is 5.84. The molecule has 0 spiro atoms. The lowest BCUT2D eigenvalue weighted by atomic mass is 10.2. The first-order chi connectivity index (χ1) is 12.6. The highest BCUT2D eigenvalue weighted by Gasteiger charge is 2.14. The lowest BCUT2D eigenvalue weighted by Crippen LogP contribution is -2.24. The van der Waals surface area contributed by atoms with E-state index in [4.69, 9.17) is 0 Å². The van der Waals surface area contributed by atoms with Crippen molar-refractivity contribution in [2.45, 2.75) is 12.6 Å². The molecule has 2 N–H and O–H groups in total. The fraction of sp³-hybridized carbons (Fsp3) is 0.143. The van der Waals surface area contributed by atoms with Crippen LogP contribution in [0.2, 0.25) is 0 Å². The molecule has 1 atom stereocenters. The van der Waals surface area contributed by atoms with Crippen LogP contribution in [-0.2, 0) is 6.54 Å². The van der Waals surface area contributed by atoms with Crippen LogP contribution in [0.5, 0.6) is 0 Å². The van der Waals surface area contributed by atoms with Crippen molar-refractivity contribution in [1.82, 2.24) is 4.57 Å². The summed E-state index contributed by atoms with van der Waals surface area (Å²) < 4.78 is 4.67. The van der Waals surface area contributed by atoms with Gasteiger partial charge in [-0.05, 0) is 93.7 Å². The van der Waals surface area contributed by atoms with Gasteiger partial charge in [0, 0.05) is 41.2 Å². The lowest BCUT2D eigenvalue weighted by Gasteiger charge is -2.15. The number of anilines is 1. The van der Waals surface area contributed by atoms with E-state index >= 15 is 0 Å². The largest absolute Gasteiger partial charge is 0.389 e. The van der Waals surface area contributed by atoms with E-state index in [0.29, 0.717) is 13.1 Å². The van der Waals surface area contributed by atoms with Gasteiger partial charge in [0.25, 0.3) is 0 Å². The summed E-state index contributed by atoms with van der Waals surface area (Å²) in [5.41, 5.74) is 3.36. The van der Waals surface area contributed by atoms with Gasteiger partial charge in [0.1, 0.15) is 0 Å². The number of rotatable bonds is 5. The van der Waals surface area contributed by atoms with E-state index in [1.165, 1.54) is 28.9 Å². The Labute approximate surface area is 179 Å². The highest BCUT2D eigenvalue weighted by molar-refractivity contribution is 14.1. The predicted molar refractivity (Wildman–Crippen MR) is 126 cm³/mol. The normalized spacial score (nSPS) is 12.6. The third kappa shape index (κ3) is 3.70. The summed E-state index contributed by atoms with van der Waals surface area (Å²) in [6.07, 6.45) is -0.479. The first-order valence-corrected chi connectivity index (χ1v) is 10.6. The molecule has 0 fully saturated rings. The highest BCUT2D eigenvalue weighted by atomic mass is 127. The molecule has 0 bridgehead atoms. The molecule has 3 nitrogen and oxygen atoms in total. The fourth-order valence-electron chi connectivity index (χ4n) is 3.31. The summed E-state index contributed by atoms with van der Waals surface area (Å²) in [7, 11) is 0. The lowest BCUT2D eigenvalue weighted by molar-refractivity contribution is 0.169. The van der Waals surface area contributed by atoms with Gasteiger partial charge in [0.05, 0.1) is 12.6 Å². The Balaban J connectivity index is 1.66. The van der Waals surface area contributed by atoms with Crippen LogP contribution in [-0.4, -0.2) is 22.3 Å². The third-order valence-electron chi connectivity index (χ3n) is 4.50. The zero-order valence-electron chi connectivity index (χ0n) is 14.0. The molecule has 0 radical (unpaired) electrons. The summed E-state index contributed by atoms with van der Waals surface area (Å²) in [5.74, 6) is 0. The average molecular weight is 568 g/mol. The molecule has 0 aliphatic carbocycles. The van der Waals surface area contributed by atoms with E-state index in [-0.39, 0.29) is 0 Å². The second-order valence-electron chi connectivity index (χ2n) is 6.33. The second kappa shape index (κ2) is 7.74. The summed E-state index contributed by atoms with van der Waals surface area (Å²) in [6, 6.07) is 23.0. The number of para-hydroxylation sites is 1. The van der Waals surface area contributed by atoms with Crippen molar-refractivity contribution in [3.8, 4) is 0 Å². The quantitative estimate of drug-likeness (QED) is 0.314. The topological polar surface area (TPSA) is 37.2 Å². The molecule has 0 saturated heterocycles. The molecule has 1 heterocycles. The number of aliphatic hydroxyl groups is 1. The molecule has 0 aliphatic heterocycles. The maximum Gasteiger partial charge on any atom is 0.0891 e. The van der Waals surface area contributed by atoms with E-state index in [1.54, 1.807) is 0 Å². The van der Waals surface area contributed by atoms with Gasteiger partial charge in [-0.1, -0.05) is 18.2 Å². The van der Waals surface area contributed by atoms with Crippen LogP contribution in [0.3, 0.4) is 0 Å². The van der Waals surface area contributed by atoms with E-state index in [9.17, 15) is 5.11 Å². The molecule has 0 amide bonds. The van der Waals surface area contributed by atoms with Gasteiger partial charge in [-0.15, -0.1) is 0 Å². The molecule has 3 aromatic carbocycles. The van der Waals surface area contributed by atoms with E-state index in [0.717, 1.165) is 5.69 Å². The molecule has 132 valence electrons. The van der Waals surface area contributed by atoms with Gasteiger partial charge in [-0.3, -0.25) is 0 Å². The van der Waals surface area contributed by atoms with Crippen molar-refractivity contribution < 1.29 is 5.11 Å². The summed E-state index contributed by atoms with van der Waals surface area (Å²) in [4.78, 5) is 0. The number of nitrogens with zero attached hydrogens (tertiary/aromatic N) is 1. The van der Waals surface area contributed by atoms with Crippen LogP contribution in [0.15, 0.2) is 66.7 Å². The van der Waals surface area contributed by atoms with E-state index in [2.05, 4.69) is 91.5 Å². The van der Waals surface area contributed by atoms with Crippen molar-refractivity contribution in [2.24, 2.45) is 0 Å². The van der Waals surface area contributed by atoms with Crippen LogP contribution < -0.4 is 5.32 Å². The van der Waals surface area contributed by atoms with E-state index < -0.39 is 6.10 Å². The maximum atomic E-state index is 10.6. The van der Waals surface area contributed by atoms with Gasteiger partial charge >= 0.3 is 0 Å². The van der Waals surface area contributed by atoms with Gasteiger partial charge in [0.2, 0.25) is 0 Å². The fourth-order valence-corrected chi connectivity index (χ4v) is 4.29. The van der Waals surface area contributed by atoms with Crippen LogP contribution in [0, 0.1) is 7.14 Å². The number of halogens is 2. The molecule has 0 aliphatic rings. The van der Waals surface area contributed by atoms with Crippen LogP contribution in [0.25, 0.3) is 21.8 Å². The minimum atomic E-state index is -0.479. The molecule has 5 heteroatoms. The monoisotopic (exact) mass is 568 g/mol. The number of hydrogen-bond acceptors (Lipinski definition) is 2. The number of aromatic nitrogens is 1. The molecule has 0 unspecified atom stereocenters. The number of benzene rings is 3. The Kier molecular flexibility index (Phi) is 5.37. The molecule has 4 rings (SSSR count). The van der Waals surface area contributed by atoms with Crippen LogP contribution in [0.1, 0.15) is 0 Å². The number of aliphatic hydroxyl groups excluding tert-OH is 1. The van der Waals surface area contributed by atoms with Gasteiger partial charge in [-0.25, -0.2) is 0 Å². The number of nitrogens with one attached hydrogen (secondary N) is 1. The Morgan fingerprint density at radius 3 is 2.00 bits per heavy atom. The SMILES string of the molecule is O[C@H](CNc1ccccc1)Cn1c2ccc(I)cc2c2cc(I)ccc21. The van der Waals surface area contributed by atoms with Crippen molar-refractivity contribution in [3.05, 3.63) is 73.9 Å². The van der Waals surface area contributed by atoms with Gasteiger partial charge in [0.15, 0.2) is 0 Å².